The Morgan fingerprint density at radius 1 is 1.33 bits per heavy atom. The van der Waals surface area contributed by atoms with Crippen LogP contribution in [0.1, 0.15) is 13.8 Å². The molecule has 0 aliphatic carbocycles. The zero-order valence-electron chi connectivity index (χ0n) is 11.1. The number of thioether (sulfide) groups is 1. The molecule has 0 amide bonds. The van der Waals surface area contributed by atoms with Gasteiger partial charge in [0.05, 0.1) is 4.91 Å². The number of hydrogen-bond acceptors (Lipinski definition) is 3. The highest BCUT2D eigenvalue weighted by atomic mass is 32.2. The predicted molar refractivity (Wildman–Crippen MR) is 81.7 cm³/mol. The minimum atomic E-state index is 0.821. The van der Waals surface area contributed by atoms with Gasteiger partial charge in [0.1, 0.15) is 24.3 Å². The van der Waals surface area contributed by atoms with Crippen molar-refractivity contribution >= 4 is 37.0 Å². The van der Waals surface area contributed by atoms with Crippen LogP contribution in [0.2, 0.25) is 0 Å². The SMILES string of the molecule is C=N/C=N\C1=C(C)SC(=C/C)/C(=N\C=N/C)N1C. The van der Waals surface area contributed by atoms with E-state index in [1.807, 2.05) is 31.9 Å². The summed E-state index contributed by atoms with van der Waals surface area (Å²) in [6.07, 6.45) is 4.99. The second-order valence-electron chi connectivity index (χ2n) is 3.45. The van der Waals surface area contributed by atoms with Crippen molar-refractivity contribution < 1.29 is 0 Å². The highest BCUT2D eigenvalue weighted by Crippen LogP contribution is 2.36. The maximum Gasteiger partial charge on any atom is 0.149 e. The first-order valence-electron chi connectivity index (χ1n) is 5.41. The molecule has 1 rings (SSSR count). The fourth-order valence-electron chi connectivity index (χ4n) is 1.48. The molecular weight excluding hydrogens is 246 g/mol. The van der Waals surface area contributed by atoms with E-state index in [2.05, 4.69) is 26.7 Å². The Morgan fingerprint density at radius 2 is 2.06 bits per heavy atom. The van der Waals surface area contributed by atoms with Crippen LogP contribution in [-0.2, 0) is 0 Å². The van der Waals surface area contributed by atoms with Crippen LogP contribution in [0, 0.1) is 0 Å². The van der Waals surface area contributed by atoms with Crippen molar-refractivity contribution in [2.45, 2.75) is 13.8 Å². The third kappa shape index (κ3) is 3.16. The van der Waals surface area contributed by atoms with Crippen molar-refractivity contribution in [2.75, 3.05) is 14.1 Å². The third-order valence-electron chi connectivity index (χ3n) is 2.25. The lowest BCUT2D eigenvalue weighted by atomic mass is 10.4. The molecule has 0 aromatic carbocycles. The molecule has 1 aliphatic rings. The minimum absolute atomic E-state index is 0.821. The van der Waals surface area contributed by atoms with E-state index in [0.29, 0.717) is 0 Å². The summed E-state index contributed by atoms with van der Waals surface area (Å²) in [6.45, 7) is 7.39. The molecule has 18 heavy (non-hydrogen) atoms. The zero-order chi connectivity index (χ0) is 13.5. The monoisotopic (exact) mass is 263 g/mol. The number of allylic oxidation sites excluding steroid dienone is 2. The topological polar surface area (TPSA) is 52.7 Å². The molecule has 0 N–H and O–H groups in total. The number of nitrogens with zero attached hydrogens (tertiary/aromatic N) is 5. The fraction of sp³-hybridized carbons (Fsp3) is 0.333. The molecule has 0 bridgehead atoms. The molecular formula is C12H17N5S. The molecule has 0 aromatic rings. The molecule has 0 radical (unpaired) electrons. The summed E-state index contributed by atoms with van der Waals surface area (Å²) < 4.78 is 0. The van der Waals surface area contributed by atoms with Gasteiger partial charge in [0.15, 0.2) is 0 Å². The van der Waals surface area contributed by atoms with Crippen molar-refractivity contribution in [3.8, 4) is 0 Å². The van der Waals surface area contributed by atoms with Crippen LogP contribution in [0.15, 0.2) is 41.7 Å². The van der Waals surface area contributed by atoms with Gasteiger partial charge in [0.2, 0.25) is 0 Å². The predicted octanol–water partition coefficient (Wildman–Crippen LogP) is 2.54. The highest BCUT2D eigenvalue weighted by Gasteiger charge is 2.24. The standard InChI is InChI=1S/C12H17N5S/c1-6-10-12(16-8-14-4)17(5)11(9(2)18-10)15-7-13-3/h6-8H,3H2,1-2,4-5H3/b10-6+,14-8-,15-7-,16-12+. The number of likely N-dealkylation sites (N-methyl/N-ethyl adjacent to an activating group) is 1. The van der Waals surface area contributed by atoms with E-state index in [-0.39, 0.29) is 0 Å². The molecule has 5 nitrogen and oxygen atoms in total. The molecule has 0 fully saturated rings. The van der Waals surface area contributed by atoms with Crippen LogP contribution in [0.25, 0.3) is 0 Å². The van der Waals surface area contributed by atoms with Crippen molar-refractivity contribution in [1.29, 1.82) is 0 Å². The van der Waals surface area contributed by atoms with Gasteiger partial charge < -0.3 is 4.90 Å². The molecule has 6 heteroatoms. The number of hydrogen-bond donors (Lipinski definition) is 0. The Hall–Kier alpha value is -1.69. The van der Waals surface area contributed by atoms with E-state index >= 15 is 0 Å². The van der Waals surface area contributed by atoms with Crippen LogP contribution in [0.5, 0.6) is 0 Å². The van der Waals surface area contributed by atoms with Crippen molar-refractivity contribution in [3.05, 3.63) is 21.7 Å². The number of rotatable bonds is 3. The molecule has 0 aromatic heterocycles. The summed E-state index contributed by atoms with van der Waals surface area (Å²) in [5.41, 5.74) is 0. The van der Waals surface area contributed by atoms with E-state index in [1.54, 1.807) is 18.8 Å². The summed E-state index contributed by atoms with van der Waals surface area (Å²) >= 11 is 1.64. The Balaban J connectivity index is 3.23. The van der Waals surface area contributed by atoms with Crippen LogP contribution in [-0.4, -0.2) is 44.2 Å². The van der Waals surface area contributed by atoms with Gasteiger partial charge in [-0.15, -0.1) is 0 Å². The average Bonchev–Trinajstić information content (AvgIpc) is 2.37. The highest BCUT2D eigenvalue weighted by molar-refractivity contribution is 8.07. The second-order valence-corrected chi connectivity index (χ2v) is 4.70. The molecule has 0 saturated heterocycles. The van der Waals surface area contributed by atoms with E-state index in [1.165, 1.54) is 12.7 Å². The first kappa shape index (κ1) is 14.4. The Kier molecular flexibility index (Phi) is 5.51. The molecule has 1 aliphatic heterocycles. The van der Waals surface area contributed by atoms with Gasteiger partial charge in [0.25, 0.3) is 0 Å². The first-order valence-corrected chi connectivity index (χ1v) is 6.23. The molecule has 0 spiro atoms. The Morgan fingerprint density at radius 3 is 2.61 bits per heavy atom. The Bertz CT molecular complexity index is 471. The summed E-state index contributed by atoms with van der Waals surface area (Å²) in [6, 6.07) is 0. The van der Waals surface area contributed by atoms with E-state index in [0.717, 1.165) is 21.5 Å². The largest absolute Gasteiger partial charge is 0.312 e. The van der Waals surface area contributed by atoms with Crippen LogP contribution >= 0.6 is 11.8 Å². The summed E-state index contributed by atoms with van der Waals surface area (Å²) in [5.74, 6) is 1.65. The van der Waals surface area contributed by atoms with Crippen LogP contribution in [0.4, 0.5) is 0 Å². The minimum Gasteiger partial charge on any atom is -0.312 e. The number of aliphatic imine (C=N–C) groups is 4. The van der Waals surface area contributed by atoms with Gasteiger partial charge in [0, 0.05) is 19.0 Å². The lowest BCUT2D eigenvalue weighted by Crippen LogP contribution is -2.30. The fourth-order valence-corrected chi connectivity index (χ4v) is 2.49. The average molecular weight is 263 g/mol. The molecule has 0 saturated carbocycles. The zero-order valence-corrected chi connectivity index (χ0v) is 11.9. The maximum absolute atomic E-state index is 4.34. The smallest absolute Gasteiger partial charge is 0.149 e. The van der Waals surface area contributed by atoms with Crippen LogP contribution < -0.4 is 0 Å². The van der Waals surface area contributed by atoms with Crippen molar-refractivity contribution in [1.82, 2.24) is 4.90 Å². The van der Waals surface area contributed by atoms with E-state index in [4.69, 9.17) is 0 Å². The quantitative estimate of drug-likeness (QED) is 0.580. The lowest BCUT2D eigenvalue weighted by molar-refractivity contribution is 0.615. The van der Waals surface area contributed by atoms with Gasteiger partial charge >= 0.3 is 0 Å². The van der Waals surface area contributed by atoms with Gasteiger partial charge in [-0.25, -0.2) is 9.98 Å². The van der Waals surface area contributed by atoms with Gasteiger partial charge in [-0.05, 0) is 20.6 Å². The lowest BCUT2D eigenvalue weighted by Gasteiger charge is -2.28. The molecule has 0 unspecified atom stereocenters. The first-order chi connectivity index (χ1) is 8.65. The Labute approximate surface area is 112 Å². The summed E-state index contributed by atoms with van der Waals surface area (Å²) in [4.78, 5) is 20.2. The van der Waals surface area contributed by atoms with Crippen molar-refractivity contribution in [2.24, 2.45) is 20.0 Å². The summed E-state index contributed by atoms with van der Waals surface area (Å²) in [7, 11) is 3.61. The van der Waals surface area contributed by atoms with E-state index in [9.17, 15) is 0 Å². The molecule has 96 valence electrons. The maximum atomic E-state index is 4.34. The van der Waals surface area contributed by atoms with Crippen LogP contribution in [0.3, 0.4) is 0 Å². The normalized spacial score (nSPS) is 21.9. The number of amidine groups is 1. The molecule has 1 heterocycles. The summed E-state index contributed by atoms with van der Waals surface area (Å²) in [5, 5.41) is 0. The van der Waals surface area contributed by atoms with Gasteiger partial charge in [-0.1, -0.05) is 17.8 Å². The molecule has 0 atom stereocenters. The second kappa shape index (κ2) is 6.90. The third-order valence-corrected chi connectivity index (χ3v) is 3.38. The van der Waals surface area contributed by atoms with E-state index < -0.39 is 0 Å². The van der Waals surface area contributed by atoms with Gasteiger partial charge in [-0.2, -0.15) is 0 Å². The van der Waals surface area contributed by atoms with Gasteiger partial charge in [-0.3, -0.25) is 9.98 Å². The van der Waals surface area contributed by atoms with Crippen molar-refractivity contribution in [3.63, 3.8) is 0 Å².